The number of fused-ring (bicyclic) bond motifs is 5. The summed E-state index contributed by atoms with van der Waals surface area (Å²) >= 11 is 11.9. The highest BCUT2D eigenvalue weighted by molar-refractivity contribution is 6.18. The molecule has 5 atom stereocenters. The zero-order valence-corrected chi connectivity index (χ0v) is 38.7. The molecule has 2 aromatic carbocycles. The number of esters is 3. The van der Waals surface area contributed by atoms with Crippen molar-refractivity contribution in [1.29, 1.82) is 0 Å². The minimum absolute atomic E-state index is 0.0875. The Kier molecular flexibility index (Phi) is 20.4. The Morgan fingerprint density at radius 3 is 2.03 bits per heavy atom. The third-order valence-electron chi connectivity index (χ3n) is 14.1. The second-order valence-electron chi connectivity index (χ2n) is 18.3. The molecule has 5 rings (SSSR count). The van der Waals surface area contributed by atoms with Gasteiger partial charge in [-0.05, 0) is 129 Å². The maximum absolute atomic E-state index is 13.0. The van der Waals surface area contributed by atoms with Crippen molar-refractivity contribution in [2.75, 3.05) is 36.4 Å². The van der Waals surface area contributed by atoms with Crippen molar-refractivity contribution >= 4 is 46.8 Å². The molecular weight excluding hydrogens is 793 g/mol. The number of benzene rings is 2. The van der Waals surface area contributed by atoms with Crippen molar-refractivity contribution < 1.29 is 28.6 Å². The van der Waals surface area contributed by atoms with Gasteiger partial charge in [0.05, 0.1) is 0 Å². The van der Waals surface area contributed by atoms with E-state index in [4.69, 9.17) is 37.4 Å². The Labute approximate surface area is 372 Å². The molecule has 0 heterocycles. The lowest BCUT2D eigenvalue weighted by Gasteiger charge is -2.50. The van der Waals surface area contributed by atoms with E-state index < -0.39 is 5.97 Å². The first kappa shape index (κ1) is 48.3. The van der Waals surface area contributed by atoms with Gasteiger partial charge < -0.3 is 19.1 Å². The topological polar surface area (TPSA) is 82.1 Å². The molecule has 3 aliphatic rings. The average molecular weight is 869 g/mol. The Morgan fingerprint density at radius 2 is 1.38 bits per heavy atom. The summed E-state index contributed by atoms with van der Waals surface area (Å²) in [6, 6.07) is 12.5. The van der Waals surface area contributed by atoms with Crippen LogP contribution in [0.4, 0.5) is 5.69 Å². The van der Waals surface area contributed by atoms with Crippen molar-refractivity contribution in [3.8, 4) is 5.75 Å². The van der Waals surface area contributed by atoms with E-state index in [-0.39, 0.29) is 36.5 Å². The highest BCUT2D eigenvalue weighted by atomic mass is 35.5. The zero-order chi connectivity index (χ0) is 42.7. The van der Waals surface area contributed by atoms with E-state index >= 15 is 0 Å². The van der Waals surface area contributed by atoms with Crippen LogP contribution in [-0.4, -0.2) is 55.5 Å². The predicted molar refractivity (Wildman–Crippen MR) is 246 cm³/mol. The Balaban J connectivity index is 0.991. The Morgan fingerprint density at radius 1 is 0.750 bits per heavy atom. The van der Waals surface area contributed by atoms with Gasteiger partial charge in [-0.1, -0.05) is 103 Å². The lowest BCUT2D eigenvalue weighted by Crippen LogP contribution is -2.45. The number of ether oxygens (including phenoxy) is 3. The lowest BCUT2D eigenvalue weighted by molar-refractivity contribution is -0.168. The Hall–Kier alpha value is -2.77. The molecule has 0 radical (unpaired) electrons. The standard InChI is InChI=1S/C51H75Cl2NO6/c1-4-5-6-7-8-9-10-11-12-13-14-15-16-19-48(56)59-42-35-38(2)50-40(36-42)23-26-43-44(50)29-30-51(3)45(43)27-28-46(51)60-49(57)37-58-47(55)20-17-18-39-21-24-41(25-22-39)54(33-31-52)34-32-53/h21-22,24-25,35-36,43-46H,4-20,23,26-34,37H2,1-3H3/t43-,44+,45+,46+,51+/m1/s1. The van der Waals surface area contributed by atoms with Crippen LogP contribution in [0.2, 0.25) is 0 Å². The van der Waals surface area contributed by atoms with Crippen LogP contribution >= 0.6 is 23.2 Å². The van der Waals surface area contributed by atoms with Gasteiger partial charge in [-0.3, -0.25) is 9.59 Å². The van der Waals surface area contributed by atoms with Crippen LogP contribution in [0.1, 0.15) is 177 Å². The minimum atomic E-state index is -0.452. The van der Waals surface area contributed by atoms with Crippen molar-refractivity contribution in [3.05, 3.63) is 58.7 Å². The van der Waals surface area contributed by atoms with E-state index in [2.05, 4.69) is 62.1 Å². The molecule has 2 fully saturated rings. The fraction of sp³-hybridized carbons (Fsp3) is 0.706. The fourth-order valence-electron chi connectivity index (χ4n) is 10.9. The summed E-state index contributed by atoms with van der Waals surface area (Å²) < 4.78 is 17.4. The molecule has 0 unspecified atom stereocenters. The van der Waals surface area contributed by atoms with Crippen LogP contribution in [0.25, 0.3) is 0 Å². The summed E-state index contributed by atoms with van der Waals surface area (Å²) in [5.74, 6) is 2.29. The second kappa shape index (κ2) is 25.4. The largest absolute Gasteiger partial charge is 0.459 e. The van der Waals surface area contributed by atoms with Crippen LogP contribution in [0.5, 0.6) is 5.75 Å². The van der Waals surface area contributed by atoms with Gasteiger partial charge in [0.25, 0.3) is 0 Å². The van der Waals surface area contributed by atoms with Gasteiger partial charge in [0.1, 0.15) is 11.9 Å². The van der Waals surface area contributed by atoms with Crippen LogP contribution in [0.15, 0.2) is 36.4 Å². The van der Waals surface area contributed by atoms with Crippen molar-refractivity contribution in [2.45, 2.75) is 180 Å². The summed E-state index contributed by atoms with van der Waals surface area (Å²) in [5.41, 5.74) is 6.14. The third kappa shape index (κ3) is 14.1. The molecule has 0 aromatic heterocycles. The van der Waals surface area contributed by atoms with Crippen LogP contribution in [-0.2, 0) is 36.7 Å². The first-order valence-corrected chi connectivity index (χ1v) is 24.9. The van der Waals surface area contributed by atoms with Crippen molar-refractivity contribution in [2.24, 2.45) is 17.3 Å². The molecule has 7 nitrogen and oxygen atoms in total. The predicted octanol–water partition coefficient (Wildman–Crippen LogP) is 13.0. The molecule has 0 aliphatic heterocycles. The summed E-state index contributed by atoms with van der Waals surface area (Å²) in [6.07, 6.45) is 24.7. The van der Waals surface area contributed by atoms with Crippen LogP contribution in [0, 0.1) is 24.2 Å². The first-order valence-electron chi connectivity index (χ1n) is 23.8. The number of carbonyl (C=O) groups excluding carboxylic acids is 3. The average Bonchev–Trinajstić information content (AvgIpc) is 3.57. The molecule has 0 N–H and O–H groups in total. The first-order chi connectivity index (χ1) is 29.2. The van der Waals surface area contributed by atoms with Crippen molar-refractivity contribution in [3.63, 3.8) is 0 Å². The molecule has 0 bridgehead atoms. The van der Waals surface area contributed by atoms with E-state index in [1.165, 1.54) is 87.3 Å². The highest BCUT2D eigenvalue weighted by Crippen LogP contribution is 2.62. The van der Waals surface area contributed by atoms with Crippen LogP contribution < -0.4 is 9.64 Å². The number of carbonyl (C=O) groups is 3. The summed E-state index contributed by atoms with van der Waals surface area (Å²) in [6.45, 7) is 7.90. The number of halogens is 2. The van der Waals surface area contributed by atoms with Gasteiger partial charge in [-0.15, -0.1) is 23.2 Å². The quantitative estimate of drug-likeness (QED) is 0.0383. The van der Waals surface area contributed by atoms with Gasteiger partial charge in [-0.25, -0.2) is 4.79 Å². The normalized spacial score (nSPS) is 21.8. The lowest BCUT2D eigenvalue weighted by atomic mass is 9.55. The minimum Gasteiger partial charge on any atom is -0.459 e. The molecular formula is C51H75Cl2NO6. The molecule has 2 saturated carbocycles. The van der Waals surface area contributed by atoms with Crippen LogP contribution in [0.3, 0.4) is 0 Å². The Bertz CT molecular complexity index is 1630. The van der Waals surface area contributed by atoms with E-state index in [1.54, 1.807) is 0 Å². The van der Waals surface area contributed by atoms with Gasteiger partial charge in [0.15, 0.2) is 6.61 Å². The molecule has 3 aliphatic carbocycles. The van der Waals surface area contributed by atoms with E-state index in [0.29, 0.717) is 48.1 Å². The maximum Gasteiger partial charge on any atom is 0.344 e. The van der Waals surface area contributed by atoms with Gasteiger partial charge >= 0.3 is 17.9 Å². The molecule has 9 heteroatoms. The number of anilines is 1. The molecule has 0 amide bonds. The second-order valence-corrected chi connectivity index (χ2v) is 19.1. The third-order valence-corrected chi connectivity index (χ3v) is 14.4. The number of hydrogen-bond acceptors (Lipinski definition) is 7. The number of nitrogens with zero attached hydrogens (tertiary/aromatic N) is 1. The van der Waals surface area contributed by atoms with Gasteiger partial charge in [0.2, 0.25) is 0 Å². The monoisotopic (exact) mass is 867 g/mol. The number of hydrogen-bond donors (Lipinski definition) is 0. The maximum atomic E-state index is 13.0. The summed E-state index contributed by atoms with van der Waals surface area (Å²) in [7, 11) is 0. The molecule has 2 aromatic rings. The SMILES string of the molecule is CCCCCCCCCCCCCCCC(=O)Oc1cc(C)c2c(c1)CC[C@@H]1[C@@H]2CC[C@]2(C)[C@@H](OC(=O)COC(=O)CCCc3ccc(N(CCCl)CCCl)cc3)CC[C@@H]12. The van der Waals surface area contributed by atoms with E-state index in [0.717, 1.165) is 82.1 Å². The van der Waals surface area contributed by atoms with E-state index in [1.807, 2.05) is 0 Å². The number of rotatable bonds is 27. The van der Waals surface area contributed by atoms with Gasteiger partial charge in [0, 0.05) is 48.8 Å². The summed E-state index contributed by atoms with van der Waals surface area (Å²) in [5, 5.41) is 0. The molecule has 60 heavy (non-hydrogen) atoms. The number of alkyl halides is 2. The zero-order valence-electron chi connectivity index (χ0n) is 37.2. The van der Waals surface area contributed by atoms with Crippen molar-refractivity contribution in [1.82, 2.24) is 0 Å². The molecule has 334 valence electrons. The molecule has 0 saturated heterocycles. The fourth-order valence-corrected chi connectivity index (χ4v) is 11.3. The molecule has 0 spiro atoms. The number of unbranched alkanes of at least 4 members (excludes halogenated alkanes) is 12. The van der Waals surface area contributed by atoms with Gasteiger partial charge in [-0.2, -0.15) is 0 Å². The summed E-state index contributed by atoms with van der Waals surface area (Å²) in [4.78, 5) is 40.5. The smallest absolute Gasteiger partial charge is 0.344 e. The number of aryl methyl sites for hydroxylation is 3. The van der Waals surface area contributed by atoms with E-state index in [9.17, 15) is 14.4 Å². The highest BCUT2D eigenvalue weighted by Gasteiger charge is 2.56.